The molecule has 3 aromatic carbocycles. The summed E-state index contributed by atoms with van der Waals surface area (Å²) in [4.78, 5) is 23.2. The van der Waals surface area contributed by atoms with Gasteiger partial charge in [-0.1, -0.05) is 132 Å². The van der Waals surface area contributed by atoms with E-state index in [1.54, 1.807) is 6.08 Å². The van der Waals surface area contributed by atoms with Crippen LogP contribution in [-0.2, 0) is 21.0 Å². The van der Waals surface area contributed by atoms with E-state index in [0.717, 1.165) is 96.6 Å². The second kappa shape index (κ2) is 26.2. The van der Waals surface area contributed by atoms with Crippen molar-refractivity contribution in [3.05, 3.63) is 113 Å². The summed E-state index contributed by atoms with van der Waals surface area (Å²) in [5.41, 5.74) is 6.28. The molecule has 1 aliphatic heterocycles. The van der Waals surface area contributed by atoms with Gasteiger partial charge in [-0.25, -0.2) is 0 Å². The summed E-state index contributed by atoms with van der Waals surface area (Å²) < 4.78 is 21.3. The van der Waals surface area contributed by atoms with E-state index in [1.807, 2.05) is 48.5 Å². The maximum atomic E-state index is 14.9. The molecule has 0 aromatic heterocycles. The number of fused-ring (bicyclic) bond motifs is 2. The molecule has 1 heterocycles. The molecule has 2 N–H and O–H groups in total. The van der Waals surface area contributed by atoms with Crippen LogP contribution in [0, 0.1) is 31.6 Å². The Kier molecular flexibility index (Phi) is 20.2. The molecule has 6 atom stereocenters. The summed E-state index contributed by atoms with van der Waals surface area (Å²) in [6.45, 7) is 14.1. The number of hydrogen-bond donors (Lipinski definition) is 2. The molecule has 0 saturated heterocycles. The minimum atomic E-state index is -1.28. The Morgan fingerprint density at radius 1 is 0.833 bits per heavy atom. The summed E-state index contributed by atoms with van der Waals surface area (Å²) in [7, 11) is 0. The Morgan fingerprint density at radius 2 is 1.53 bits per heavy atom. The summed E-state index contributed by atoms with van der Waals surface area (Å²) in [5.74, 6) is 0.817. The Balaban J connectivity index is 1.47. The number of rotatable bonds is 29. The summed E-state index contributed by atoms with van der Waals surface area (Å²) >= 11 is 0. The number of nitrogens with zero attached hydrogens (tertiary/aromatic N) is 2. The maximum absolute atomic E-state index is 14.9. The standard InChI is InChI=1S/C57H80N2O7/c1-6-9-10-11-12-13-14-15-19-28-54(62)59(33-7-2)53-40-51(58-64-41-44-24-17-16-18-25-44)49-38-45(26-20-22-34-60)48(27-21-23-35-61)55-50-39-47(65-46-30-29-42(4)43(5)37-46)31-32-52(50)66-57(53,56(49)55)63-36-8-3/h8,16-18,24-25,29-32,37-39,45,48,53,55-56,60-61H,3,6-7,9-15,19-23,26-28,33-36,40-41H2,1-2,4-5H3/t45-,48+,53-,55+,56+,57+/m0/s1. The zero-order valence-corrected chi connectivity index (χ0v) is 40.7. The lowest BCUT2D eigenvalue weighted by atomic mass is 9.55. The minimum Gasteiger partial charge on any atom is -0.459 e. The first-order chi connectivity index (χ1) is 32.3. The number of aliphatic hydroxyl groups is 2. The molecule has 2 aliphatic carbocycles. The Bertz CT molecular complexity index is 2030. The molecule has 1 fully saturated rings. The number of benzene rings is 3. The number of aryl methyl sites for hydroxylation is 2. The van der Waals surface area contributed by atoms with E-state index in [9.17, 15) is 15.0 Å². The quantitative estimate of drug-likeness (QED) is 0.0405. The van der Waals surface area contributed by atoms with Crippen LogP contribution in [0.4, 0.5) is 0 Å². The molecule has 0 radical (unpaired) electrons. The summed E-state index contributed by atoms with van der Waals surface area (Å²) in [5, 5.41) is 25.1. The average molecular weight is 905 g/mol. The van der Waals surface area contributed by atoms with E-state index >= 15 is 0 Å². The average Bonchev–Trinajstić information content (AvgIpc) is 3.32. The highest BCUT2D eigenvalue weighted by atomic mass is 16.7. The van der Waals surface area contributed by atoms with Gasteiger partial charge < -0.3 is 34.2 Å². The second-order valence-electron chi connectivity index (χ2n) is 19.0. The number of allylic oxidation sites excluding steroid dienone is 1. The third-order valence-electron chi connectivity index (χ3n) is 14.3. The predicted octanol–water partition coefficient (Wildman–Crippen LogP) is 13.1. The van der Waals surface area contributed by atoms with E-state index < -0.39 is 11.8 Å². The van der Waals surface area contributed by atoms with Gasteiger partial charge in [-0.3, -0.25) is 4.79 Å². The highest BCUT2D eigenvalue weighted by Gasteiger charge is 2.65. The van der Waals surface area contributed by atoms with Gasteiger partial charge in [0.25, 0.3) is 0 Å². The molecule has 9 nitrogen and oxygen atoms in total. The van der Waals surface area contributed by atoms with Crippen LogP contribution in [-0.4, -0.2) is 64.9 Å². The van der Waals surface area contributed by atoms with Gasteiger partial charge in [0.05, 0.1) is 18.2 Å². The Hall–Kier alpha value is -4.44. The van der Waals surface area contributed by atoms with Crippen LogP contribution in [0.2, 0.25) is 0 Å². The zero-order chi connectivity index (χ0) is 46.7. The fourth-order valence-corrected chi connectivity index (χ4v) is 10.8. The second-order valence-corrected chi connectivity index (χ2v) is 19.0. The van der Waals surface area contributed by atoms with Crippen molar-refractivity contribution >= 4 is 11.6 Å². The zero-order valence-electron chi connectivity index (χ0n) is 40.7. The first kappa shape index (κ1) is 51.0. The van der Waals surface area contributed by atoms with Crippen LogP contribution in [0.15, 0.2) is 96.2 Å². The number of carbonyl (C=O) groups excluding carboxylic acids is 1. The normalized spacial score (nSPS) is 22.5. The minimum absolute atomic E-state index is 0.114. The topological polar surface area (TPSA) is 110 Å². The monoisotopic (exact) mass is 905 g/mol. The molecule has 3 aromatic rings. The van der Waals surface area contributed by atoms with Gasteiger partial charge in [0.2, 0.25) is 11.7 Å². The smallest absolute Gasteiger partial charge is 0.239 e. The molecule has 66 heavy (non-hydrogen) atoms. The third-order valence-corrected chi connectivity index (χ3v) is 14.3. The highest BCUT2D eigenvalue weighted by molar-refractivity contribution is 6.03. The van der Waals surface area contributed by atoms with Gasteiger partial charge in [-0.05, 0) is 117 Å². The fourth-order valence-electron chi connectivity index (χ4n) is 10.8. The van der Waals surface area contributed by atoms with Gasteiger partial charge in [0.15, 0.2) is 0 Å². The van der Waals surface area contributed by atoms with Crippen LogP contribution in [0.3, 0.4) is 0 Å². The Morgan fingerprint density at radius 3 is 2.23 bits per heavy atom. The lowest BCUT2D eigenvalue weighted by Gasteiger charge is -2.60. The van der Waals surface area contributed by atoms with E-state index in [1.165, 1.54) is 44.1 Å². The van der Waals surface area contributed by atoms with Crippen molar-refractivity contribution in [2.75, 3.05) is 26.4 Å². The highest BCUT2D eigenvalue weighted by Crippen LogP contribution is 2.62. The number of hydrogen-bond acceptors (Lipinski definition) is 8. The van der Waals surface area contributed by atoms with Gasteiger partial charge in [-0.2, -0.15) is 0 Å². The maximum Gasteiger partial charge on any atom is 0.239 e. The molecule has 1 saturated carbocycles. The number of aliphatic hydroxyl groups excluding tert-OH is 2. The predicted molar refractivity (Wildman–Crippen MR) is 266 cm³/mol. The molecule has 0 spiro atoms. The summed E-state index contributed by atoms with van der Waals surface area (Å²) in [6.07, 6.45) is 21.4. The van der Waals surface area contributed by atoms with Crippen LogP contribution < -0.4 is 9.47 Å². The van der Waals surface area contributed by atoms with Crippen molar-refractivity contribution < 1.29 is 34.1 Å². The van der Waals surface area contributed by atoms with Crippen LogP contribution in [0.1, 0.15) is 158 Å². The SMILES string of the molecule is C=CCO[C@@]12Oc3ccc(Oc4ccc(C)c(C)c4)cc3[C@H]3[C@H](CCCCO)[C@@H](CCCCO)C=C(C(=NOCc4ccccc4)C[C@@H]1N(CCC)C(=O)CCCCCCCCCCC)[C@H]32. The number of amides is 1. The number of oxime groups is 1. The number of carbonyl (C=O) groups is 1. The molecule has 3 aliphatic rings. The van der Waals surface area contributed by atoms with Gasteiger partial charge in [0, 0.05) is 44.1 Å². The summed E-state index contributed by atoms with van der Waals surface area (Å²) in [6, 6.07) is 21.9. The van der Waals surface area contributed by atoms with Crippen molar-refractivity contribution in [3.8, 4) is 17.2 Å². The van der Waals surface area contributed by atoms with Crippen molar-refractivity contribution in [2.24, 2.45) is 22.9 Å². The van der Waals surface area contributed by atoms with Crippen molar-refractivity contribution in [1.82, 2.24) is 4.90 Å². The van der Waals surface area contributed by atoms with E-state index in [0.29, 0.717) is 38.8 Å². The van der Waals surface area contributed by atoms with Gasteiger partial charge in [-0.15, -0.1) is 6.58 Å². The molecule has 360 valence electrons. The van der Waals surface area contributed by atoms with Crippen molar-refractivity contribution in [1.29, 1.82) is 0 Å². The Labute approximate surface area is 396 Å². The molecular formula is C57H80N2O7. The lowest BCUT2D eigenvalue weighted by Crippen LogP contribution is -2.70. The lowest BCUT2D eigenvalue weighted by molar-refractivity contribution is -0.257. The number of ether oxygens (including phenoxy) is 3. The largest absolute Gasteiger partial charge is 0.459 e. The first-order valence-electron chi connectivity index (χ1n) is 25.6. The van der Waals surface area contributed by atoms with Gasteiger partial charge in [0.1, 0.15) is 29.9 Å². The fraction of sp³-hybridized carbons (Fsp3) is 0.579. The van der Waals surface area contributed by atoms with Crippen LogP contribution in [0.5, 0.6) is 17.2 Å². The molecular weight excluding hydrogens is 825 g/mol. The van der Waals surface area contributed by atoms with Crippen molar-refractivity contribution in [2.45, 2.75) is 168 Å². The van der Waals surface area contributed by atoms with E-state index in [-0.39, 0.29) is 49.4 Å². The first-order valence-corrected chi connectivity index (χ1v) is 25.6. The molecule has 1 amide bonds. The van der Waals surface area contributed by atoms with Gasteiger partial charge >= 0.3 is 0 Å². The molecule has 6 rings (SSSR count). The molecule has 0 bridgehead atoms. The molecule has 9 heteroatoms. The van der Waals surface area contributed by atoms with Crippen molar-refractivity contribution in [3.63, 3.8) is 0 Å². The van der Waals surface area contributed by atoms with Crippen LogP contribution in [0.25, 0.3) is 0 Å². The molecule has 0 unspecified atom stereocenters. The van der Waals surface area contributed by atoms with E-state index in [2.05, 4.69) is 63.4 Å². The number of unbranched alkanes of at least 4 members (excludes halogenated alkanes) is 10. The third kappa shape index (κ3) is 13.0. The van der Waals surface area contributed by atoms with Crippen LogP contribution >= 0.6 is 0 Å². The van der Waals surface area contributed by atoms with E-state index in [4.69, 9.17) is 24.2 Å².